The third kappa shape index (κ3) is 8.71. The highest BCUT2D eigenvalue weighted by molar-refractivity contribution is 7.90. The number of benzene rings is 2. The Morgan fingerprint density at radius 1 is 1.11 bits per heavy atom. The summed E-state index contributed by atoms with van der Waals surface area (Å²) in [5.74, 6) is 6.06. The number of alkyl halides is 3. The molecule has 0 saturated carbocycles. The molecule has 1 aromatic heterocycles. The molecule has 0 bridgehead atoms. The van der Waals surface area contributed by atoms with Gasteiger partial charge in [-0.3, -0.25) is 4.90 Å². The molecule has 5 rings (SSSR count). The van der Waals surface area contributed by atoms with Gasteiger partial charge < -0.3 is 29.4 Å². The van der Waals surface area contributed by atoms with Crippen LogP contribution in [-0.2, 0) is 25.9 Å². The molecular formula is C30H35F3N4O6S2. The van der Waals surface area contributed by atoms with Crippen LogP contribution in [0.15, 0.2) is 47.4 Å². The van der Waals surface area contributed by atoms with E-state index in [4.69, 9.17) is 14.2 Å². The second-order valence-corrected chi connectivity index (χ2v) is 12.8. The summed E-state index contributed by atoms with van der Waals surface area (Å²) in [4.78, 5) is 13.5. The highest BCUT2D eigenvalue weighted by Crippen LogP contribution is 2.32. The van der Waals surface area contributed by atoms with Crippen molar-refractivity contribution >= 4 is 51.8 Å². The number of nitrogens with one attached hydrogen (secondary N) is 2. The number of piperidine rings is 1. The zero-order valence-electron chi connectivity index (χ0n) is 24.7. The molecule has 2 N–H and O–H groups in total. The second kappa shape index (κ2) is 14.1. The van der Waals surface area contributed by atoms with Gasteiger partial charge in [0.1, 0.15) is 18.9 Å². The molecule has 1 atom stereocenters. The lowest BCUT2D eigenvalue weighted by molar-refractivity contribution is -0.140. The minimum atomic E-state index is -4.45. The van der Waals surface area contributed by atoms with Gasteiger partial charge >= 0.3 is 12.3 Å². The van der Waals surface area contributed by atoms with Crippen LogP contribution in [0.2, 0.25) is 0 Å². The molecule has 2 aliphatic rings. The molecule has 15 heteroatoms. The highest BCUT2D eigenvalue weighted by Gasteiger charge is 2.31. The summed E-state index contributed by atoms with van der Waals surface area (Å²) in [5, 5.41) is 7.20. The maximum absolute atomic E-state index is 13.6. The van der Waals surface area contributed by atoms with Crippen molar-refractivity contribution in [3.8, 4) is 17.6 Å². The zero-order valence-corrected chi connectivity index (χ0v) is 26.6. The van der Waals surface area contributed by atoms with Crippen molar-refractivity contribution in [3.05, 3.63) is 48.2 Å². The number of ether oxygens (including phenoxy) is 3. The number of aromatic nitrogens is 1. The van der Waals surface area contributed by atoms with Crippen LogP contribution >= 0.6 is 13.5 Å². The van der Waals surface area contributed by atoms with Crippen LogP contribution in [0.25, 0.3) is 10.9 Å². The van der Waals surface area contributed by atoms with E-state index in [1.54, 1.807) is 24.3 Å². The Labute approximate surface area is 266 Å². The highest BCUT2D eigenvalue weighted by atomic mass is 32.2. The summed E-state index contributed by atoms with van der Waals surface area (Å²) >= 11 is 0. The Bertz CT molecular complexity index is 1690. The van der Waals surface area contributed by atoms with Gasteiger partial charge in [-0.2, -0.15) is 26.7 Å². The monoisotopic (exact) mass is 668 g/mol. The number of rotatable bonds is 9. The third-order valence-corrected chi connectivity index (χ3v) is 8.64. The number of methoxy groups -OCH3 is 1. The molecule has 3 aromatic rings. The quantitative estimate of drug-likeness (QED) is 0.250. The minimum Gasteiger partial charge on any atom is -0.495 e. The number of likely N-dealkylation sites (tertiary alicyclic amines) is 1. The van der Waals surface area contributed by atoms with Crippen molar-refractivity contribution < 1.29 is 40.6 Å². The molecule has 3 heterocycles. The summed E-state index contributed by atoms with van der Waals surface area (Å²) in [6, 6.07) is 11.4. The first-order valence-corrected chi connectivity index (χ1v) is 15.9. The van der Waals surface area contributed by atoms with Crippen molar-refractivity contribution in [3.63, 3.8) is 0 Å². The first kappa shape index (κ1) is 34.1. The number of carbonyl (C=O) groups is 1. The fourth-order valence-corrected chi connectivity index (χ4v) is 6.05. The Balaban J connectivity index is 0.00000461. The summed E-state index contributed by atoms with van der Waals surface area (Å²) < 4.78 is 81.0. The number of hydrogen-bond donors (Lipinski definition) is 2. The number of nitrogens with zero attached hydrogens (tertiary/aromatic N) is 2. The Morgan fingerprint density at radius 3 is 2.51 bits per heavy atom. The molecule has 0 radical (unpaired) electrons. The number of cyclic esters (lactones) is 2. The maximum atomic E-state index is 13.6. The fraction of sp³-hybridized carbons (Fsp3) is 0.433. The minimum absolute atomic E-state index is 0. The van der Waals surface area contributed by atoms with E-state index in [0.29, 0.717) is 28.9 Å². The van der Waals surface area contributed by atoms with E-state index >= 15 is 0 Å². The number of halogens is 3. The third-order valence-electron chi connectivity index (χ3n) is 7.53. The topological polar surface area (TPSA) is 111 Å². The lowest BCUT2D eigenvalue weighted by Gasteiger charge is -2.33. The molecule has 10 nitrogen and oxygen atoms in total. The smallest absolute Gasteiger partial charge is 0.495 e. The Hall–Kier alpha value is -3.74. The molecule has 45 heavy (non-hydrogen) atoms. The molecule has 0 unspecified atom stereocenters. The predicted molar refractivity (Wildman–Crippen MR) is 169 cm³/mol. The number of sulfone groups is 1. The summed E-state index contributed by atoms with van der Waals surface area (Å²) in [7, 11) is -2.01. The molecule has 0 aliphatic carbocycles. The molecule has 2 saturated heterocycles. The number of anilines is 2. The van der Waals surface area contributed by atoms with Crippen molar-refractivity contribution in [1.29, 1.82) is 0 Å². The van der Waals surface area contributed by atoms with Crippen LogP contribution in [0.3, 0.4) is 0 Å². The van der Waals surface area contributed by atoms with E-state index in [1.165, 1.54) is 23.8 Å². The Morgan fingerprint density at radius 2 is 1.87 bits per heavy atom. The average molecular weight is 669 g/mol. The molecule has 2 fully saturated rings. The summed E-state index contributed by atoms with van der Waals surface area (Å²) in [6.45, 7) is 1.31. The molecule has 2 aliphatic heterocycles. The van der Waals surface area contributed by atoms with Gasteiger partial charge in [-0.1, -0.05) is 12.0 Å². The molecular weight excluding hydrogens is 633 g/mol. The maximum Gasteiger partial charge on any atom is 0.508 e. The first-order valence-electron chi connectivity index (χ1n) is 14.0. The fourth-order valence-electron chi connectivity index (χ4n) is 5.41. The lowest BCUT2D eigenvalue weighted by Crippen LogP contribution is -2.43. The van der Waals surface area contributed by atoms with Crippen molar-refractivity contribution in [2.24, 2.45) is 0 Å². The summed E-state index contributed by atoms with van der Waals surface area (Å²) in [5.41, 5.74) is 1.87. The predicted octanol–water partition coefficient (Wildman–Crippen LogP) is 4.60. The van der Waals surface area contributed by atoms with Crippen molar-refractivity contribution in [2.75, 3.05) is 56.8 Å². The normalized spacial score (nSPS) is 17.5. The van der Waals surface area contributed by atoms with Crippen molar-refractivity contribution in [1.82, 2.24) is 9.47 Å². The van der Waals surface area contributed by atoms with Crippen LogP contribution in [0.1, 0.15) is 18.5 Å². The summed E-state index contributed by atoms with van der Waals surface area (Å²) in [6.07, 6.45) is -2.64. The average Bonchev–Trinajstić information content (AvgIpc) is 3.53. The van der Waals surface area contributed by atoms with Crippen LogP contribution in [-0.4, -0.2) is 88.5 Å². The molecule has 0 spiro atoms. The van der Waals surface area contributed by atoms with Gasteiger partial charge in [-0.25, -0.2) is 13.2 Å². The van der Waals surface area contributed by atoms with Crippen LogP contribution < -0.4 is 15.4 Å². The van der Waals surface area contributed by atoms with Gasteiger partial charge in [0.2, 0.25) is 0 Å². The van der Waals surface area contributed by atoms with Gasteiger partial charge in [0.15, 0.2) is 15.9 Å². The van der Waals surface area contributed by atoms with Crippen LogP contribution in [0.5, 0.6) is 5.75 Å². The van der Waals surface area contributed by atoms with Gasteiger partial charge in [0.05, 0.1) is 35.4 Å². The van der Waals surface area contributed by atoms with Crippen LogP contribution in [0, 0.1) is 11.8 Å². The van der Waals surface area contributed by atoms with E-state index in [9.17, 15) is 26.4 Å². The SMILES string of the molecule is COc1cc(S(C)(=O)=O)ccc1NCC#Cc1cc2c(NC3CCN(C[C@H]4COC(=O)O4)CC3)cccc2n1CC(F)(F)F.S. The van der Waals surface area contributed by atoms with Crippen LogP contribution in [0.4, 0.5) is 29.3 Å². The van der Waals surface area contributed by atoms with E-state index in [2.05, 4.69) is 27.4 Å². The number of carbonyl (C=O) groups excluding carboxylic acids is 1. The lowest BCUT2D eigenvalue weighted by atomic mass is 10.0. The molecule has 244 valence electrons. The molecule has 2 aromatic carbocycles. The number of fused-ring (bicyclic) bond motifs is 1. The first-order chi connectivity index (χ1) is 20.9. The van der Waals surface area contributed by atoms with E-state index in [-0.39, 0.29) is 49.4 Å². The van der Waals surface area contributed by atoms with E-state index in [1.807, 2.05) is 6.07 Å². The van der Waals surface area contributed by atoms with Gasteiger partial charge in [0, 0.05) is 49.1 Å². The Kier molecular flexibility index (Phi) is 10.7. The van der Waals surface area contributed by atoms with E-state index in [0.717, 1.165) is 37.9 Å². The van der Waals surface area contributed by atoms with Gasteiger partial charge in [-0.15, -0.1) is 0 Å². The number of hydrogen-bond acceptors (Lipinski definition) is 9. The van der Waals surface area contributed by atoms with E-state index < -0.39 is 28.7 Å². The van der Waals surface area contributed by atoms with Crippen molar-refractivity contribution in [2.45, 2.75) is 42.6 Å². The second-order valence-electron chi connectivity index (χ2n) is 10.8. The zero-order chi connectivity index (χ0) is 31.5. The van der Waals surface area contributed by atoms with Gasteiger partial charge in [-0.05, 0) is 49.1 Å². The van der Waals surface area contributed by atoms with Gasteiger partial charge in [0.25, 0.3) is 0 Å². The largest absolute Gasteiger partial charge is 0.508 e. The molecule has 0 amide bonds. The standard InChI is InChI=1S/C30H33F3N4O6S.H2S/c1-41-28-16-23(44(2,39)40)8-9-26(28)34-12-4-5-21-15-24-25(6-3-7-27(24)37(21)19-30(31,32)33)35-20-10-13-36(14-11-20)17-22-18-42-29(38)43-22;/h3,6-9,15-16,20,22,34-35H,10-14,17-19H2,1-2H3;1H2/t22-;/m0./s1.